The van der Waals surface area contributed by atoms with E-state index in [0.717, 1.165) is 50.4 Å². The van der Waals surface area contributed by atoms with Crippen LogP contribution in [0.3, 0.4) is 0 Å². The predicted molar refractivity (Wildman–Crippen MR) is 106 cm³/mol. The van der Waals surface area contributed by atoms with E-state index in [9.17, 15) is 4.79 Å². The lowest BCUT2D eigenvalue weighted by molar-refractivity contribution is -0.138. The Morgan fingerprint density at radius 2 is 1.89 bits per heavy atom. The number of hydrogen-bond acceptors (Lipinski definition) is 4. The third-order valence-electron chi connectivity index (χ3n) is 5.08. The number of carboxylic acids is 1. The van der Waals surface area contributed by atoms with Gasteiger partial charge in [0.05, 0.1) is 6.54 Å². The topological polar surface area (TPSA) is 53.0 Å². The van der Waals surface area contributed by atoms with E-state index in [-0.39, 0.29) is 6.54 Å². The number of benzene rings is 2. The van der Waals surface area contributed by atoms with Crippen LogP contribution in [0.15, 0.2) is 54.6 Å². The van der Waals surface area contributed by atoms with Gasteiger partial charge in [-0.25, -0.2) is 0 Å². The Morgan fingerprint density at radius 3 is 2.67 bits per heavy atom. The number of para-hydroxylation sites is 1. The van der Waals surface area contributed by atoms with Crippen LogP contribution in [0.25, 0.3) is 0 Å². The van der Waals surface area contributed by atoms with Crippen LogP contribution < -0.4 is 4.74 Å². The summed E-state index contributed by atoms with van der Waals surface area (Å²) >= 11 is 0. The molecular weight excluding hydrogens is 340 g/mol. The number of carbonyl (C=O) groups is 1. The molecule has 1 unspecified atom stereocenters. The van der Waals surface area contributed by atoms with Gasteiger partial charge in [0, 0.05) is 12.6 Å². The highest BCUT2D eigenvalue weighted by molar-refractivity contribution is 5.69. The first-order valence-electron chi connectivity index (χ1n) is 9.56. The number of likely N-dealkylation sites (N-methyl/N-ethyl adjacent to an activating group) is 1. The van der Waals surface area contributed by atoms with E-state index in [1.807, 2.05) is 54.4 Å². The minimum atomic E-state index is -0.756. The van der Waals surface area contributed by atoms with Gasteiger partial charge in [-0.2, -0.15) is 0 Å². The van der Waals surface area contributed by atoms with Crippen LogP contribution in [0.2, 0.25) is 0 Å². The summed E-state index contributed by atoms with van der Waals surface area (Å²) in [4.78, 5) is 15.4. The van der Waals surface area contributed by atoms with Crippen molar-refractivity contribution in [1.82, 2.24) is 9.80 Å². The van der Waals surface area contributed by atoms with Crippen LogP contribution in [0, 0.1) is 0 Å². The Balaban J connectivity index is 1.56. The van der Waals surface area contributed by atoms with E-state index in [4.69, 9.17) is 9.84 Å². The lowest BCUT2D eigenvalue weighted by Crippen LogP contribution is -2.36. The molecule has 144 valence electrons. The minimum absolute atomic E-state index is 0.115. The van der Waals surface area contributed by atoms with Gasteiger partial charge in [0.2, 0.25) is 0 Å². The fourth-order valence-corrected chi connectivity index (χ4v) is 3.67. The number of rotatable bonds is 7. The van der Waals surface area contributed by atoms with Gasteiger partial charge < -0.3 is 9.84 Å². The molecule has 2 aromatic rings. The molecular formula is C22H28N2O3. The molecule has 5 nitrogen and oxygen atoms in total. The quantitative estimate of drug-likeness (QED) is 0.804. The van der Waals surface area contributed by atoms with Crippen LogP contribution in [-0.2, 0) is 11.3 Å². The molecule has 0 amide bonds. The molecule has 0 bridgehead atoms. The molecule has 0 aliphatic carbocycles. The van der Waals surface area contributed by atoms with Crippen molar-refractivity contribution >= 4 is 5.97 Å². The number of hydrogen-bond donors (Lipinski definition) is 1. The summed E-state index contributed by atoms with van der Waals surface area (Å²) in [6.45, 7) is 3.03. The van der Waals surface area contributed by atoms with Crippen molar-refractivity contribution < 1.29 is 14.6 Å². The monoisotopic (exact) mass is 368 g/mol. The number of ether oxygens (including phenoxy) is 1. The van der Waals surface area contributed by atoms with Crippen LogP contribution in [0.5, 0.6) is 11.5 Å². The molecule has 1 saturated heterocycles. The third-order valence-corrected chi connectivity index (χ3v) is 5.08. The predicted octanol–water partition coefficient (Wildman–Crippen LogP) is 3.85. The van der Waals surface area contributed by atoms with Crippen molar-refractivity contribution in [2.75, 3.05) is 26.7 Å². The first kappa shape index (κ1) is 19.4. The molecule has 1 aliphatic rings. The van der Waals surface area contributed by atoms with Crippen molar-refractivity contribution in [3.63, 3.8) is 0 Å². The Labute approximate surface area is 161 Å². The second kappa shape index (κ2) is 9.53. The van der Waals surface area contributed by atoms with Crippen molar-refractivity contribution in [2.45, 2.75) is 31.8 Å². The number of nitrogens with zero attached hydrogens (tertiary/aromatic N) is 2. The molecule has 1 atom stereocenters. The highest BCUT2D eigenvalue weighted by Gasteiger charge is 2.21. The zero-order chi connectivity index (χ0) is 19.1. The number of aliphatic carboxylic acids is 1. The summed E-state index contributed by atoms with van der Waals surface area (Å²) in [6.07, 6.45) is 3.15. The Bertz CT molecular complexity index is 735. The molecule has 1 N–H and O–H groups in total. The van der Waals surface area contributed by atoms with Gasteiger partial charge >= 0.3 is 5.97 Å². The Hall–Kier alpha value is -2.37. The third kappa shape index (κ3) is 6.08. The fourth-order valence-electron chi connectivity index (χ4n) is 3.67. The SMILES string of the molecule is CN(CC(=O)O)C1CCCN(Cc2cccc(Oc3ccccc3)c2)CC1. The highest BCUT2D eigenvalue weighted by Crippen LogP contribution is 2.23. The van der Waals surface area contributed by atoms with Gasteiger partial charge in [-0.05, 0) is 69.2 Å². The van der Waals surface area contributed by atoms with E-state index in [1.54, 1.807) is 0 Å². The lowest BCUT2D eigenvalue weighted by Gasteiger charge is -2.25. The maximum atomic E-state index is 10.9. The van der Waals surface area contributed by atoms with Gasteiger partial charge in [-0.3, -0.25) is 14.6 Å². The molecule has 27 heavy (non-hydrogen) atoms. The van der Waals surface area contributed by atoms with Crippen molar-refractivity contribution in [1.29, 1.82) is 0 Å². The highest BCUT2D eigenvalue weighted by atomic mass is 16.5. The smallest absolute Gasteiger partial charge is 0.317 e. The summed E-state index contributed by atoms with van der Waals surface area (Å²) in [5.74, 6) is 0.940. The molecule has 0 radical (unpaired) electrons. The first-order valence-corrected chi connectivity index (χ1v) is 9.56. The Morgan fingerprint density at radius 1 is 1.11 bits per heavy atom. The van der Waals surface area contributed by atoms with Crippen LogP contribution in [0.1, 0.15) is 24.8 Å². The normalized spacial score (nSPS) is 18.2. The molecule has 3 rings (SSSR count). The second-order valence-electron chi connectivity index (χ2n) is 7.23. The minimum Gasteiger partial charge on any atom is -0.480 e. The molecule has 0 saturated carbocycles. The average Bonchev–Trinajstić information content (AvgIpc) is 2.88. The lowest BCUT2D eigenvalue weighted by atomic mass is 10.1. The molecule has 1 aliphatic heterocycles. The molecule has 1 heterocycles. The molecule has 2 aromatic carbocycles. The summed E-state index contributed by atoms with van der Waals surface area (Å²) < 4.78 is 5.94. The van der Waals surface area contributed by atoms with Gasteiger partial charge in [-0.15, -0.1) is 0 Å². The average molecular weight is 368 g/mol. The summed E-state index contributed by atoms with van der Waals surface area (Å²) in [6, 6.07) is 18.4. The molecule has 1 fully saturated rings. The zero-order valence-corrected chi connectivity index (χ0v) is 15.9. The first-order chi connectivity index (χ1) is 13.1. The maximum Gasteiger partial charge on any atom is 0.317 e. The van der Waals surface area contributed by atoms with Crippen LogP contribution in [-0.4, -0.2) is 53.6 Å². The van der Waals surface area contributed by atoms with Crippen LogP contribution >= 0.6 is 0 Å². The largest absolute Gasteiger partial charge is 0.480 e. The second-order valence-corrected chi connectivity index (χ2v) is 7.23. The molecule has 0 aromatic heterocycles. The van der Waals surface area contributed by atoms with Gasteiger partial charge in [0.1, 0.15) is 11.5 Å². The Kier molecular flexibility index (Phi) is 6.85. The summed E-state index contributed by atoms with van der Waals surface area (Å²) in [5.41, 5.74) is 1.24. The van der Waals surface area contributed by atoms with E-state index < -0.39 is 5.97 Å². The van der Waals surface area contributed by atoms with E-state index >= 15 is 0 Å². The van der Waals surface area contributed by atoms with Gasteiger partial charge in [0.15, 0.2) is 0 Å². The molecule has 0 spiro atoms. The fraction of sp³-hybridized carbons (Fsp3) is 0.409. The summed E-state index contributed by atoms with van der Waals surface area (Å²) in [7, 11) is 1.92. The standard InChI is InChI=1S/C22H28N2O3/c1-23(17-22(25)26)19-8-6-13-24(14-12-19)16-18-7-5-11-21(15-18)27-20-9-3-2-4-10-20/h2-5,7,9-11,15,19H,6,8,12-14,16-17H2,1H3,(H,25,26). The van der Waals surface area contributed by atoms with E-state index in [0.29, 0.717) is 6.04 Å². The van der Waals surface area contributed by atoms with Crippen molar-refractivity contribution in [3.05, 3.63) is 60.2 Å². The van der Waals surface area contributed by atoms with E-state index in [2.05, 4.69) is 17.0 Å². The van der Waals surface area contributed by atoms with E-state index in [1.165, 1.54) is 5.56 Å². The summed E-state index contributed by atoms with van der Waals surface area (Å²) in [5, 5.41) is 9.00. The van der Waals surface area contributed by atoms with Gasteiger partial charge in [0.25, 0.3) is 0 Å². The van der Waals surface area contributed by atoms with Crippen molar-refractivity contribution in [3.8, 4) is 11.5 Å². The van der Waals surface area contributed by atoms with Crippen molar-refractivity contribution in [2.24, 2.45) is 0 Å². The van der Waals surface area contributed by atoms with Gasteiger partial charge in [-0.1, -0.05) is 30.3 Å². The number of carboxylic acid groups (broad SMARTS) is 1. The molecule has 5 heteroatoms. The number of likely N-dealkylation sites (tertiary alicyclic amines) is 1. The maximum absolute atomic E-state index is 10.9. The zero-order valence-electron chi connectivity index (χ0n) is 15.9. The van der Waals surface area contributed by atoms with Crippen LogP contribution in [0.4, 0.5) is 0 Å².